The molecule has 6 nitrogen and oxygen atoms in total. The first kappa shape index (κ1) is 18.7. The molecule has 6 heteroatoms. The van der Waals surface area contributed by atoms with Gasteiger partial charge in [-0.3, -0.25) is 4.79 Å². The molecule has 0 unspecified atom stereocenters. The highest BCUT2D eigenvalue weighted by Crippen LogP contribution is 2.12. The van der Waals surface area contributed by atoms with Gasteiger partial charge in [-0.1, -0.05) is 30.3 Å². The molecule has 138 valence electrons. The number of carbonyl (C=O) groups excluding carboxylic acids is 2. The lowest BCUT2D eigenvalue weighted by Crippen LogP contribution is -2.28. The maximum atomic E-state index is 12.2. The fraction of sp³-hybridized carbons (Fsp3) is 0.0455. The van der Waals surface area contributed by atoms with E-state index >= 15 is 0 Å². The van der Waals surface area contributed by atoms with Gasteiger partial charge in [-0.15, -0.1) is 0 Å². The first-order chi connectivity index (χ1) is 13.6. The molecule has 0 aliphatic heterocycles. The van der Waals surface area contributed by atoms with E-state index in [9.17, 15) is 9.59 Å². The first-order valence-electron chi connectivity index (χ1n) is 8.64. The van der Waals surface area contributed by atoms with Crippen molar-refractivity contribution in [2.24, 2.45) is 0 Å². The summed E-state index contributed by atoms with van der Waals surface area (Å²) in [5.74, 6) is -0.223. The standard InChI is InChI=1S/C22H18N4O2/c23-14-16-5-4-6-17(13-16)15-24-22(28)26-20-11-9-18(10-12-20)21(27)25-19-7-2-1-3-8-19/h1-13H,15H2,(H,25,27)(H2,24,26,28). The van der Waals surface area contributed by atoms with Crippen LogP contribution in [0.3, 0.4) is 0 Å². The van der Waals surface area contributed by atoms with Crippen LogP contribution in [0.25, 0.3) is 0 Å². The van der Waals surface area contributed by atoms with Gasteiger partial charge in [0.2, 0.25) is 0 Å². The molecule has 0 aliphatic rings. The molecule has 0 saturated heterocycles. The van der Waals surface area contributed by atoms with Crippen molar-refractivity contribution in [3.8, 4) is 6.07 Å². The maximum Gasteiger partial charge on any atom is 0.319 e. The van der Waals surface area contributed by atoms with Gasteiger partial charge in [-0.25, -0.2) is 4.79 Å². The minimum absolute atomic E-state index is 0.223. The van der Waals surface area contributed by atoms with Crippen molar-refractivity contribution in [2.45, 2.75) is 6.54 Å². The Morgan fingerprint density at radius 1 is 0.821 bits per heavy atom. The molecule has 0 aliphatic carbocycles. The van der Waals surface area contributed by atoms with Crippen molar-refractivity contribution in [3.05, 3.63) is 95.6 Å². The lowest BCUT2D eigenvalue weighted by molar-refractivity contribution is 0.102. The zero-order chi connectivity index (χ0) is 19.8. The number of urea groups is 1. The Morgan fingerprint density at radius 2 is 1.54 bits per heavy atom. The third kappa shape index (κ3) is 5.19. The van der Waals surface area contributed by atoms with Crippen LogP contribution in [0, 0.1) is 11.3 Å². The van der Waals surface area contributed by atoms with Gasteiger partial charge in [0.1, 0.15) is 0 Å². The van der Waals surface area contributed by atoms with Gasteiger partial charge in [0, 0.05) is 23.5 Å². The number of nitrogens with zero attached hydrogens (tertiary/aromatic N) is 1. The van der Waals surface area contributed by atoms with Crippen molar-refractivity contribution in [1.82, 2.24) is 5.32 Å². The molecular weight excluding hydrogens is 352 g/mol. The highest BCUT2D eigenvalue weighted by atomic mass is 16.2. The molecule has 3 aromatic rings. The number of carbonyl (C=O) groups is 2. The monoisotopic (exact) mass is 370 g/mol. The Labute approximate surface area is 162 Å². The third-order valence-electron chi connectivity index (χ3n) is 3.95. The number of rotatable bonds is 5. The molecule has 28 heavy (non-hydrogen) atoms. The lowest BCUT2D eigenvalue weighted by atomic mass is 10.1. The Bertz CT molecular complexity index is 1010. The predicted molar refractivity (Wildman–Crippen MR) is 108 cm³/mol. The minimum Gasteiger partial charge on any atom is -0.334 e. The second kappa shape index (κ2) is 9.01. The topological polar surface area (TPSA) is 94.0 Å². The number of hydrogen-bond acceptors (Lipinski definition) is 3. The summed E-state index contributed by atoms with van der Waals surface area (Å²) in [5.41, 5.74) is 3.16. The SMILES string of the molecule is N#Cc1cccc(CNC(=O)Nc2ccc(C(=O)Nc3ccccc3)cc2)c1. The van der Waals surface area contributed by atoms with E-state index in [-0.39, 0.29) is 11.9 Å². The number of amides is 3. The lowest BCUT2D eigenvalue weighted by Gasteiger charge is -2.09. The number of benzene rings is 3. The number of para-hydroxylation sites is 1. The van der Waals surface area contributed by atoms with Crippen LogP contribution in [0.4, 0.5) is 16.2 Å². The van der Waals surface area contributed by atoms with Crippen molar-refractivity contribution in [1.29, 1.82) is 5.26 Å². The summed E-state index contributed by atoms with van der Waals surface area (Å²) < 4.78 is 0. The summed E-state index contributed by atoms with van der Waals surface area (Å²) in [7, 11) is 0. The van der Waals surface area contributed by atoms with E-state index in [1.165, 1.54) is 0 Å². The van der Waals surface area contributed by atoms with Gasteiger partial charge in [-0.2, -0.15) is 5.26 Å². The van der Waals surface area contributed by atoms with Gasteiger partial charge in [0.05, 0.1) is 11.6 Å². The molecule has 0 spiro atoms. The van der Waals surface area contributed by atoms with Crippen molar-refractivity contribution in [3.63, 3.8) is 0 Å². The molecule has 0 fully saturated rings. The summed E-state index contributed by atoms with van der Waals surface area (Å²) in [6, 6.07) is 24.5. The smallest absolute Gasteiger partial charge is 0.319 e. The summed E-state index contributed by atoms with van der Waals surface area (Å²) in [4.78, 5) is 24.3. The Hall–Kier alpha value is -4.11. The quantitative estimate of drug-likeness (QED) is 0.630. The molecule has 0 heterocycles. The van der Waals surface area contributed by atoms with Gasteiger partial charge in [-0.05, 0) is 54.1 Å². The van der Waals surface area contributed by atoms with E-state index in [2.05, 4.69) is 22.0 Å². The highest BCUT2D eigenvalue weighted by Gasteiger charge is 2.07. The normalized spacial score (nSPS) is 9.82. The van der Waals surface area contributed by atoms with Gasteiger partial charge in [0.15, 0.2) is 0 Å². The van der Waals surface area contributed by atoms with E-state index in [1.54, 1.807) is 42.5 Å². The second-order valence-corrected chi connectivity index (χ2v) is 6.02. The van der Waals surface area contributed by atoms with Gasteiger partial charge in [0.25, 0.3) is 5.91 Å². The van der Waals surface area contributed by atoms with Crippen LogP contribution in [-0.2, 0) is 6.54 Å². The summed E-state index contributed by atoms with van der Waals surface area (Å²) >= 11 is 0. The van der Waals surface area contributed by atoms with Crippen LogP contribution in [0.1, 0.15) is 21.5 Å². The fourth-order valence-corrected chi connectivity index (χ4v) is 2.54. The molecule has 0 saturated carbocycles. The average molecular weight is 370 g/mol. The zero-order valence-corrected chi connectivity index (χ0v) is 15.0. The van der Waals surface area contributed by atoms with E-state index < -0.39 is 0 Å². The number of nitriles is 1. The van der Waals surface area contributed by atoms with Gasteiger partial charge < -0.3 is 16.0 Å². The Balaban J connectivity index is 1.52. The van der Waals surface area contributed by atoms with E-state index in [0.29, 0.717) is 23.4 Å². The number of anilines is 2. The summed E-state index contributed by atoms with van der Waals surface area (Å²) in [5, 5.41) is 17.1. The van der Waals surface area contributed by atoms with Crippen LogP contribution in [0.5, 0.6) is 0 Å². The molecule has 0 aromatic heterocycles. The van der Waals surface area contributed by atoms with Crippen LogP contribution in [0.15, 0.2) is 78.9 Å². The van der Waals surface area contributed by atoms with Crippen LogP contribution >= 0.6 is 0 Å². The third-order valence-corrected chi connectivity index (χ3v) is 3.95. The number of hydrogen-bond donors (Lipinski definition) is 3. The molecular formula is C22H18N4O2. The summed E-state index contributed by atoms with van der Waals surface area (Å²) in [6.45, 7) is 0.304. The Morgan fingerprint density at radius 3 is 2.25 bits per heavy atom. The van der Waals surface area contributed by atoms with Crippen molar-refractivity contribution in [2.75, 3.05) is 10.6 Å². The van der Waals surface area contributed by atoms with E-state index in [1.807, 2.05) is 36.4 Å². The second-order valence-electron chi connectivity index (χ2n) is 6.02. The van der Waals surface area contributed by atoms with Gasteiger partial charge >= 0.3 is 6.03 Å². The average Bonchev–Trinajstić information content (AvgIpc) is 2.73. The van der Waals surface area contributed by atoms with Crippen LogP contribution in [0.2, 0.25) is 0 Å². The largest absolute Gasteiger partial charge is 0.334 e. The molecule has 3 N–H and O–H groups in total. The summed E-state index contributed by atoms with van der Waals surface area (Å²) in [6.07, 6.45) is 0. The van der Waals surface area contributed by atoms with Crippen molar-refractivity contribution < 1.29 is 9.59 Å². The molecule has 3 rings (SSSR count). The molecule has 3 aromatic carbocycles. The van der Waals surface area contributed by atoms with E-state index in [0.717, 1.165) is 11.3 Å². The highest BCUT2D eigenvalue weighted by molar-refractivity contribution is 6.04. The molecule has 0 radical (unpaired) electrons. The van der Waals surface area contributed by atoms with Crippen LogP contribution < -0.4 is 16.0 Å². The zero-order valence-electron chi connectivity index (χ0n) is 15.0. The number of nitrogens with one attached hydrogen (secondary N) is 3. The fourth-order valence-electron chi connectivity index (χ4n) is 2.54. The van der Waals surface area contributed by atoms with Crippen LogP contribution in [-0.4, -0.2) is 11.9 Å². The molecule has 0 atom stereocenters. The van der Waals surface area contributed by atoms with Crippen molar-refractivity contribution >= 4 is 23.3 Å². The first-order valence-corrected chi connectivity index (χ1v) is 8.64. The maximum absolute atomic E-state index is 12.2. The molecule has 3 amide bonds. The minimum atomic E-state index is -0.371. The van der Waals surface area contributed by atoms with E-state index in [4.69, 9.17) is 5.26 Å². The predicted octanol–water partition coefficient (Wildman–Crippen LogP) is 4.13. The Kier molecular flexibility index (Phi) is 6.01. The molecule has 0 bridgehead atoms.